The van der Waals surface area contributed by atoms with Crippen molar-refractivity contribution >= 4 is 22.9 Å². The number of anilines is 1. The van der Waals surface area contributed by atoms with Crippen LogP contribution in [0.4, 0.5) is 5.69 Å². The second-order valence-electron chi connectivity index (χ2n) is 4.30. The Bertz CT molecular complexity index is 718. The second-order valence-corrected chi connectivity index (χ2v) is 5.08. The minimum Gasteiger partial charge on any atom is -0.354 e. The Morgan fingerprint density at radius 2 is 2.05 bits per heavy atom. The fraction of sp³-hybridized carbons (Fsp3) is 0.0667. The number of aromatic nitrogens is 1. The lowest BCUT2D eigenvalue weighted by molar-refractivity contribution is 0.102. The van der Waals surface area contributed by atoms with E-state index in [0.717, 1.165) is 5.56 Å². The number of thiophene rings is 1. The van der Waals surface area contributed by atoms with Gasteiger partial charge in [-0.05, 0) is 18.4 Å². The molecule has 0 spiro atoms. The number of aryl methyl sites for hydroxylation is 1. The van der Waals surface area contributed by atoms with Gasteiger partial charge in [0, 0.05) is 10.9 Å². The van der Waals surface area contributed by atoms with E-state index >= 15 is 0 Å². The molecule has 1 amide bonds. The van der Waals surface area contributed by atoms with Crippen LogP contribution >= 0.6 is 11.3 Å². The van der Waals surface area contributed by atoms with Crippen molar-refractivity contribution in [3.8, 4) is 11.3 Å². The Hall–Kier alpha value is -2.40. The van der Waals surface area contributed by atoms with Crippen LogP contribution in [0.1, 0.15) is 16.1 Å². The van der Waals surface area contributed by atoms with Gasteiger partial charge < -0.3 is 9.84 Å². The summed E-state index contributed by atoms with van der Waals surface area (Å²) in [6.45, 7) is 1.80. The van der Waals surface area contributed by atoms with Crippen molar-refractivity contribution in [2.24, 2.45) is 0 Å². The molecule has 0 bridgehead atoms. The van der Waals surface area contributed by atoms with Gasteiger partial charge in [0.1, 0.15) is 11.4 Å². The van der Waals surface area contributed by atoms with Crippen molar-refractivity contribution in [3.63, 3.8) is 0 Å². The quantitative estimate of drug-likeness (QED) is 0.792. The van der Waals surface area contributed by atoms with Gasteiger partial charge in [-0.1, -0.05) is 35.5 Å². The van der Waals surface area contributed by atoms with E-state index in [1.807, 2.05) is 35.7 Å². The van der Waals surface area contributed by atoms with Gasteiger partial charge in [-0.2, -0.15) is 11.3 Å². The Morgan fingerprint density at radius 3 is 2.75 bits per heavy atom. The van der Waals surface area contributed by atoms with E-state index in [4.69, 9.17) is 4.52 Å². The van der Waals surface area contributed by atoms with E-state index < -0.39 is 0 Å². The molecular formula is C15H12N2O2S. The predicted molar refractivity (Wildman–Crippen MR) is 78.9 cm³/mol. The number of carbonyl (C=O) groups is 1. The molecule has 0 atom stereocenters. The van der Waals surface area contributed by atoms with Crippen LogP contribution in [0.3, 0.4) is 0 Å². The summed E-state index contributed by atoms with van der Waals surface area (Å²) in [6, 6.07) is 11.4. The Labute approximate surface area is 120 Å². The molecule has 20 heavy (non-hydrogen) atoms. The Kier molecular flexibility index (Phi) is 3.35. The number of carbonyl (C=O) groups excluding carboxylic acids is 1. The zero-order chi connectivity index (χ0) is 13.9. The van der Waals surface area contributed by atoms with E-state index in [-0.39, 0.29) is 5.91 Å². The number of amides is 1. The SMILES string of the molecule is Cc1noc(-c2ccccc2)c1NC(=O)c1ccsc1. The summed E-state index contributed by atoms with van der Waals surface area (Å²) in [7, 11) is 0. The fourth-order valence-corrected chi connectivity index (χ4v) is 2.52. The van der Waals surface area contributed by atoms with Crippen LogP contribution in [-0.4, -0.2) is 11.1 Å². The van der Waals surface area contributed by atoms with Gasteiger partial charge in [-0.15, -0.1) is 0 Å². The lowest BCUT2D eigenvalue weighted by Gasteiger charge is -2.04. The lowest BCUT2D eigenvalue weighted by Crippen LogP contribution is -2.11. The summed E-state index contributed by atoms with van der Waals surface area (Å²) < 4.78 is 5.34. The first-order valence-corrected chi connectivity index (χ1v) is 7.05. The number of hydrogen-bond acceptors (Lipinski definition) is 4. The van der Waals surface area contributed by atoms with Crippen LogP contribution in [0, 0.1) is 6.92 Å². The molecule has 1 N–H and O–H groups in total. The van der Waals surface area contributed by atoms with Gasteiger partial charge in [-0.3, -0.25) is 4.79 Å². The van der Waals surface area contributed by atoms with Gasteiger partial charge >= 0.3 is 0 Å². The van der Waals surface area contributed by atoms with Gasteiger partial charge in [0.25, 0.3) is 5.91 Å². The smallest absolute Gasteiger partial charge is 0.256 e. The number of nitrogens with one attached hydrogen (secondary N) is 1. The third kappa shape index (κ3) is 2.35. The van der Waals surface area contributed by atoms with E-state index in [1.54, 1.807) is 18.4 Å². The molecule has 0 aliphatic carbocycles. The lowest BCUT2D eigenvalue weighted by atomic mass is 10.1. The standard InChI is InChI=1S/C15H12N2O2S/c1-10-13(16-15(18)12-7-8-20-9-12)14(19-17-10)11-5-3-2-4-6-11/h2-9H,1H3,(H,16,18). The average molecular weight is 284 g/mol. The maximum absolute atomic E-state index is 12.1. The first kappa shape index (κ1) is 12.6. The highest BCUT2D eigenvalue weighted by molar-refractivity contribution is 7.08. The van der Waals surface area contributed by atoms with Crippen molar-refractivity contribution in [2.45, 2.75) is 6.92 Å². The van der Waals surface area contributed by atoms with Gasteiger partial charge in [0.05, 0.1) is 5.56 Å². The van der Waals surface area contributed by atoms with E-state index in [1.165, 1.54) is 11.3 Å². The van der Waals surface area contributed by atoms with Gasteiger partial charge in [-0.25, -0.2) is 0 Å². The molecule has 0 aliphatic heterocycles. The number of nitrogens with zero attached hydrogens (tertiary/aromatic N) is 1. The fourth-order valence-electron chi connectivity index (χ4n) is 1.88. The average Bonchev–Trinajstić information content (AvgIpc) is 3.11. The molecule has 0 saturated heterocycles. The molecule has 3 rings (SSSR count). The largest absolute Gasteiger partial charge is 0.354 e. The number of hydrogen-bond donors (Lipinski definition) is 1. The first-order chi connectivity index (χ1) is 9.75. The van der Waals surface area contributed by atoms with E-state index in [9.17, 15) is 4.79 Å². The van der Waals surface area contributed by atoms with Crippen molar-refractivity contribution in [1.29, 1.82) is 0 Å². The maximum atomic E-state index is 12.1. The molecule has 4 nitrogen and oxygen atoms in total. The minimum atomic E-state index is -0.158. The number of benzene rings is 1. The molecule has 0 fully saturated rings. The van der Waals surface area contributed by atoms with Crippen LogP contribution in [0.5, 0.6) is 0 Å². The Morgan fingerprint density at radius 1 is 1.25 bits per heavy atom. The van der Waals surface area contributed by atoms with E-state index in [0.29, 0.717) is 22.7 Å². The Balaban J connectivity index is 1.94. The predicted octanol–water partition coefficient (Wildman–Crippen LogP) is 3.96. The second kappa shape index (κ2) is 5.30. The summed E-state index contributed by atoms with van der Waals surface area (Å²) in [6.07, 6.45) is 0. The van der Waals surface area contributed by atoms with Crippen LogP contribution in [0.15, 0.2) is 51.7 Å². The highest BCUT2D eigenvalue weighted by atomic mass is 32.1. The first-order valence-electron chi connectivity index (χ1n) is 6.11. The van der Waals surface area contributed by atoms with Gasteiger partial charge in [0.15, 0.2) is 5.76 Å². The molecule has 0 unspecified atom stereocenters. The summed E-state index contributed by atoms with van der Waals surface area (Å²) in [5, 5.41) is 10.5. The zero-order valence-corrected chi connectivity index (χ0v) is 11.6. The van der Waals surface area contributed by atoms with E-state index in [2.05, 4.69) is 10.5 Å². The molecule has 2 heterocycles. The number of rotatable bonds is 3. The zero-order valence-electron chi connectivity index (χ0n) is 10.8. The van der Waals surface area contributed by atoms with Crippen molar-refractivity contribution in [1.82, 2.24) is 5.16 Å². The summed E-state index contributed by atoms with van der Waals surface area (Å²) in [5.41, 5.74) is 2.79. The van der Waals surface area contributed by atoms with Crippen LogP contribution in [0.2, 0.25) is 0 Å². The third-order valence-corrected chi connectivity index (χ3v) is 3.60. The van der Waals surface area contributed by atoms with Crippen LogP contribution < -0.4 is 5.32 Å². The normalized spacial score (nSPS) is 10.4. The molecule has 100 valence electrons. The summed E-state index contributed by atoms with van der Waals surface area (Å²) in [5.74, 6) is 0.418. The maximum Gasteiger partial charge on any atom is 0.256 e. The van der Waals surface area contributed by atoms with Crippen LogP contribution in [-0.2, 0) is 0 Å². The minimum absolute atomic E-state index is 0.158. The monoisotopic (exact) mass is 284 g/mol. The molecule has 0 aliphatic rings. The van der Waals surface area contributed by atoms with Crippen molar-refractivity contribution in [3.05, 3.63) is 58.4 Å². The third-order valence-electron chi connectivity index (χ3n) is 2.92. The molecule has 3 aromatic rings. The summed E-state index contributed by atoms with van der Waals surface area (Å²) >= 11 is 1.49. The topological polar surface area (TPSA) is 55.1 Å². The highest BCUT2D eigenvalue weighted by Gasteiger charge is 2.18. The molecule has 0 radical (unpaired) electrons. The van der Waals surface area contributed by atoms with Crippen molar-refractivity contribution in [2.75, 3.05) is 5.32 Å². The molecule has 2 aromatic heterocycles. The molecule has 5 heteroatoms. The van der Waals surface area contributed by atoms with Gasteiger partial charge in [0.2, 0.25) is 0 Å². The van der Waals surface area contributed by atoms with Crippen molar-refractivity contribution < 1.29 is 9.32 Å². The van der Waals surface area contributed by atoms with Crippen LogP contribution in [0.25, 0.3) is 11.3 Å². The molecule has 1 aromatic carbocycles. The highest BCUT2D eigenvalue weighted by Crippen LogP contribution is 2.31. The summed E-state index contributed by atoms with van der Waals surface area (Å²) in [4.78, 5) is 12.1. The molecule has 0 saturated carbocycles. The molecular weight excluding hydrogens is 272 g/mol.